The van der Waals surface area contributed by atoms with Crippen molar-refractivity contribution in [1.82, 2.24) is 15.0 Å². The molecule has 1 heterocycles. The molecule has 1 aromatic rings. The summed E-state index contributed by atoms with van der Waals surface area (Å²) in [5, 5.41) is 3.16. The summed E-state index contributed by atoms with van der Waals surface area (Å²) in [5.41, 5.74) is 0. The highest BCUT2D eigenvalue weighted by molar-refractivity contribution is 5.40. The maximum atomic E-state index is 5.48. The van der Waals surface area contributed by atoms with E-state index in [1.807, 2.05) is 13.8 Å². The van der Waals surface area contributed by atoms with Crippen LogP contribution in [0, 0.1) is 5.92 Å². The summed E-state index contributed by atoms with van der Waals surface area (Å²) in [6.45, 7) is 10.8. The second kappa shape index (κ2) is 7.43. The third-order valence-electron chi connectivity index (χ3n) is 3.40. The molecule has 0 aromatic carbocycles. The SMILES string of the molecule is CCNc1nc(OCC)nc(N(CCC(C)C)C2CC2)n1. The van der Waals surface area contributed by atoms with Gasteiger partial charge in [-0.3, -0.25) is 0 Å². The monoisotopic (exact) mass is 293 g/mol. The molecule has 6 heteroatoms. The molecule has 1 aliphatic carbocycles. The number of hydrogen-bond acceptors (Lipinski definition) is 6. The predicted molar refractivity (Wildman–Crippen MR) is 85.0 cm³/mol. The molecule has 1 N–H and O–H groups in total. The van der Waals surface area contributed by atoms with Gasteiger partial charge >= 0.3 is 6.01 Å². The molecule has 1 aromatic heterocycles. The van der Waals surface area contributed by atoms with Crippen molar-refractivity contribution in [2.24, 2.45) is 5.92 Å². The van der Waals surface area contributed by atoms with E-state index in [0.29, 0.717) is 30.5 Å². The zero-order valence-corrected chi connectivity index (χ0v) is 13.6. The first-order valence-corrected chi connectivity index (χ1v) is 8.03. The Morgan fingerprint density at radius 1 is 1.24 bits per heavy atom. The summed E-state index contributed by atoms with van der Waals surface area (Å²) >= 11 is 0. The van der Waals surface area contributed by atoms with Crippen molar-refractivity contribution in [3.63, 3.8) is 0 Å². The van der Waals surface area contributed by atoms with E-state index in [9.17, 15) is 0 Å². The summed E-state index contributed by atoms with van der Waals surface area (Å²) in [6, 6.07) is 0.990. The Labute approximate surface area is 127 Å². The van der Waals surface area contributed by atoms with Crippen molar-refractivity contribution >= 4 is 11.9 Å². The molecule has 1 aliphatic rings. The van der Waals surface area contributed by atoms with Gasteiger partial charge in [0.2, 0.25) is 11.9 Å². The topological polar surface area (TPSA) is 63.2 Å². The molecule has 0 atom stereocenters. The third-order valence-corrected chi connectivity index (χ3v) is 3.40. The number of anilines is 2. The molecule has 6 nitrogen and oxygen atoms in total. The highest BCUT2D eigenvalue weighted by Gasteiger charge is 2.31. The highest BCUT2D eigenvalue weighted by Crippen LogP contribution is 2.31. The summed E-state index contributed by atoms with van der Waals surface area (Å²) in [7, 11) is 0. The van der Waals surface area contributed by atoms with Crippen LogP contribution in [0.1, 0.15) is 47.0 Å². The Balaban J connectivity index is 2.20. The molecule has 0 aliphatic heterocycles. The number of nitrogens with zero attached hydrogens (tertiary/aromatic N) is 4. The molecule has 0 saturated heterocycles. The minimum Gasteiger partial charge on any atom is -0.464 e. The van der Waals surface area contributed by atoms with E-state index in [2.05, 4.69) is 39.0 Å². The van der Waals surface area contributed by atoms with Crippen LogP contribution in [-0.4, -0.2) is 40.7 Å². The van der Waals surface area contributed by atoms with Crippen LogP contribution in [0.3, 0.4) is 0 Å². The van der Waals surface area contributed by atoms with E-state index in [1.54, 1.807) is 0 Å². The third kappa shape index (κ3) is 4.72. The maximum absolute atomic E-state index is 5.48. The smallest absolute Gasteiger partial charge is 0.323 e. The molecule has 118 valence electrons. The van der Waals surface area contributed by atoms with Gasteiger partial charge in [0.15, 0.2) is 0 Å². The first kappa shape index (κ1) is 15.8. The number of nitrogens with one attached hydrogen (secondary N) is 1. The molecule has 0 bridgehead atoms. The molecule has 21 heavy (non-hydrogen) atoms. The summed E-state index contributed by atoms with van der Waals surface area (Å²) in [6.07, 6.45) is 3.59. The minimum atomic E-state index is 0.411. The largest absolute Gasteiger partial charge is 0.464 e. The highest BCUT2D eigenvalue weighted by atomic mass is 16.5. The maximum Gasteiger partial charge on any atom is 0.323 e. The number of hydrogen-bond donors (Lipinski definition) is 1. The van der Waals surface area contributed by atoms with Crippen molar-refractivity contribution in [3.8, 4) is 6.01 Å². The zero-order chi connectivity index (χ0) is 15.2. The molecular weight excluding hydrogens is 266 g/mol. The standard InChI is InChI=1S/C15H27N5O/c1-5-16-13-17-14(19-15(18-13)21-6-2)20(12-7-8-12)10-9-11(3)4/h11-12H,5-10H2,1-4H3,(H,16,17,18,19). The molecule has 1 saturated carbocycles. The average molecular weight is 293 g/mol. The minimum absolute atomic E-state index is 0.411. The lowest BCUT2D eigenvalue weighted by molar-refractivity contribution is 0.312. The van der Waals surface area contributed by atoms with Crippen LogP contribution < -0.4 is 15.0 Å². The van der Waals surface area contributed by atoms with E-state index in [-0.39, 0.29) is 0 Å². The quantitative estimate of drug-likeness (QED) is 0.755. The van der Waals surface area contributed by atoms with E-state index < -0.39 is 0 Å². The number of ether oxygens (including phenoxy) is 1. The van der Waals surface area contributed by atoms with Gasteiger partial charge < -0.3 is 15.0 Å². The zero-order valence-electron chi connectivity index (χ0n) is 13.6. The number of aromatic nitrogens is 3. The molecule has 0 unspecified atom stereocenters. The van der Waals surface area contributed by atoms with E-state index >= 15 is 0 Å². The summed E-state index contributed by atoms with van der Waals surface area (Å²) in [4.78, 5) is 15.6. The van der Waals surface area contributed by atoms with Crippen molar-refractivity contribution in [3.05, 3.63) is 0 Å². The van der Waals surface area contributed by atoms with Gasteiger partial charge in [0, 0.05) is 19.1 Å². The van der Waals surface area contributed by atoms with Gasteiger partial charge in [0.1, 0.15) is 0 Å². The van der Waals surface area contributed by atoms with Crippen LogP contribution >= 0.6 is 0 Å². The molecule has 2 rings (SSSR count). The van der Waals surface area contributed by atoms with E-state index in [4.69, 9.17) is 4.74 Å². The molecule has 0 radical (unpaired) electrons. The fourth-order valence-electron chi connectivity index (χ4n) is 2.13. The Hall–Kier alpha value is -1.59. The van der Waals surface area contributed by atoms with Crippen LogP contribution in [0.25, 0.3) is 0 Å². The van der Waals surface area contributed by atoms with Gasteiger partial charge in [0.25, 0.3) is 0 Å². The lowest BCUT2D eigenvalue weighted by atomic mass is 10.1. The fourth-order valence-corrected chi connectivity index (χ4v) is 2.13. The van der Waals surface area contributed by atoms with Crippen molar-refractivity contribution in [2.45, 2.75) is 53.0 Å². The normalized spacial score (nSPS) is 14.3. The molecule has 0 amide bonds. The van der Waals surface area contributed by atoms with Gasteiger partial charge in [-0.25, -0.2) is 0 Å². The number of rotatable bonds is 9. The second-order valence-corrected chi connectivity index (χ2v) is 5.81. The van der Waals surface area contributed by atoms with Gasteiger partial charge in [0.05, 0.1) is 6.61 Å². The summed E-state index contributed by atoms with van der Waals surface area (Å²) < 4.78 is 5.48. The van der Waals surface area contributed by atoms with Crippen LogP contribution in [0.4, 0.5) is 11.9 Å². The van der Waals surface area contributed by atoms with Gasteiger partial charge in [-0.15, -0.1) is 0 Å². The van der Waals surface area contributed by atoms with Crippen LogP contribution in [0.5, 0.6) is 6.01 Å². The van der Waals surface area contributed by atoms with Gasteiger partial charge in [-0.1, -0.05) is 13.8 Å². The van der Waals surface area contributed by atoms with Crippen molar-refractivity contribution in [1.29, 1.82) is 0 Å². The van der Waals surface area contributed by atoms with E-state index in [0.717, 1.165) is 25.5 Å². The van der Waals surface area contributed by atoms with Crippen LogP contribution in [0.2, 0.25) is 0 Å². The molecule has 1 fully saturated rings. The van der Waals surface area contributed by atoms with Crippen LogP contribution in [0.15, 0.2) is 0 Å². The lowest BCUT2D eigenvalue weighted by Gasteiger charge is -2.23. The van der Waals surface area contributed by atoms with Crippen LogP contribution in [-0.2, 0) is 0 Å². The van der Waals surface area contributed by atoms with Gasteiger partial charge in [-0.05, 0) is 39.0 Å². The first-order chi connectivity index (χ1) is 10.1. The fraction of sp³-hybridized carbons (Fsp3) is 0.800. The van der Waals surface area contributed by atoms with E-state index in [1.165, 1.54) is 12.8 Å². The second-order valence-electron chi connectivity index (χ2n) is 5.81. The average Bonchev–Trinajstić information content (AvgIpc) is 3.24. The van der Waals surface area contributed by atoms with Crippen molar-refractivity contribution in [2.75, 3.05) is 29.9 Å². The Morgan fingerprint density at radius 3 is 2.57 bits per heavy atom. The molecular formula is C15H27N5O. The molecule has 0 spiro atoms. The Kier molecular flexibility index (Phi) is 5.59. The van der Waals surface area contributed by atoms with Gasteiger partial charge in [-0.2, -0.15) is 15.0 Å². The first-order valence-electron chi connectivity index (χ1n) is 8.03. The Bertz CT molecular complexity index is 423. The Morgan fingerprint density at radius 2 is 2.00 bits per heavy atom. The predicted octanol–water partition coefficient (Wildman–Crippen LogP) is 2.72. The van der Waals surface area contributed by atoms with Crippen molar-refractivity contribution < 1.29 is 4.74 Å². The summed E-state index contributed by atoms with van der Waals surface area (Å²) in [5.74, 6) is 2.02. The lowest BCUT2D eigenvalue weighted by Crippen LogP contribution is -2.30.